The van der Waals surface area contributed by atoms with Crippen molar-refractivity contribution in [3.8, 4) is 0 Å². The summed E-state index contributed by atoms with van der Waals surface area (Å²) in [5, 5.41) is 5.00. The van der Waals surface area contributed by atoms with Crippen molar-refractivity contribution in [1.29, 1.82) is 0 Å². The molecule has 90 valence electrons. The van der Waals surface area contributed by atoms with Gasteiger partial charge in [0.2, 0.25) is 0 Å². The summed E-state index contributed by atoms with van der Waals surface area (Å²) in [5.41, 5.74) is 0.903. The Morgan fingerprint density at radius 2 is 1.67 bits per heavy atom. The van der Waals surface area contributed by atoms with Crippen LogP contribution >= 0.6 is 23.5 Å². The third-order valence-electron chi connectivity index (χ3n) is 2.63. The highest BCUT2D eigenvalue weighted by Crippen LogP contribution is 2.30. The van der Waals surface area contributed by atoms with Crippen molar-refractivity contribution < 1.29 is 4.52 Å². The molecule has 0 saturated heterocycles. The van der Waals surface area contributed by atoms with Gasteiger partial charge in [0.25, 0.3) is 0 Å². The topological polar surface area (TPSA) is 26.0 Å². The Morgan fingerprint density at radius 1 is 0.944 bits per heavy atom. The lowest BCUT2D eigenvalue weighted by Crippen LogP contribution is -1.75. The van der Waals surface area contributed by atoms with Gasteiger partial charge < -0.3 is 4.52 Å². The lowest BCUT2D eigenvalue weighted by atomic mass is 10.3. The van der Waals surface area contributed by atoms with E-state index in [1.54, 1.807) is 29.8 Å². The average molecular weight is 273 g/mol. The quantitative estimate of drug-likeness (QED) is 0.646. The van der Waals surface area contributed by atoms with Crippen LogP contribution in [0.15, 0.2) is 67.9 Å². The summed E-state index contributed by atoms with van der Waals surface area (Å²) in [5.74, 6) is 0. The summed E-state index contributed by atoms with van der Waals surface area (Å²) >= 11 is 3.49. The summed E-state index contributed by atoms with van der Waals surface area (Å²) in [7, 11) is 0. The second-order valence-corrected chi connectivity index (χ2v) is 5.84. The fourth-order valence-electron chi connectivity index (χ4n) is 1.69. The zero-order valence-electron chi connectivity index (χ0n) is 9.79. The first-order valence-electron chi connectivity index (χ1n) is 5.51. The lowest BCUT2D eigenvalue weighted by Gasteiger charge is -2.02. The molecule has 0 saturated carbocycles. The van der Waals surface area contributed by atoms with E-state index in [0.717, 1.165) is 10.9 Å². The van der Waals surface area contributed by atoms with E-state index in [4.69, 9.17) is 4.52 Å². The Labute approximate surface area is 114 Å². The zero-order valence-corrected chi connectivity index (χ0v) is 11.4. The van der Waals surface area contributed by atoms with Crippen molar-refractivity contribution in [3.63, 3.8) is 0 Å². The summed E-state index contributed by atoms with van der Waals surface area (Å²) in [4.78, 5) is 3.69. The van der Waals surface area contributed by atoms with Gasteiger partial charge in [0.15, 0.2) is 0 Å². The van der Waals surface area contributed by atoms with Crippen molar-refractivity contribution in [3.05, 3.63) is 48.7 Å². The van der Waals surface area contributed by atoms with Crippen LogP contribution in [0.3, 0.4) is 0 Å². The summed E-state index contributed by atoms with van der Waals surface area (Å²) in [6, 6.07) is 14.7. The van der Waals surface area contributed by atoms with Gasteiger partial charge in [0, 0.05) is 20.1 Å². The summed E-state index contributed by atoms with van der Waals surface area (Å²) in [6.07, 6.45) is 3.75. The van der Waals surface area contributed by atoms with E-state index >= 15 is 0 Å². The third-order valence-corrected chi connectivity index (χ3v) is 4.37. The van der Waals surface area contributed by atoms with Crippen LogP contribution in [0, 0.1) is 0 Å². The van der Waals surface area contributed by atoms with Gasteiger partial charge in [-0.2, -0.15) is 0 Å². The number of aromatic nitrogens is 1. The standard InChI is InChI=1S/C14H11NOS2/c1-17-11-4-6-12(7-5-11)18-13-3-2-10-9-16-15-14(10)8-13/h2-9H,1H3. The smallest absolute Gasteiger partial charge is 0.131 e. The molecule has 0 radical (unpaired) electrons. The number of thioether (sulfide) groups is 1. The molecule has 3 rings (SSSR count). The van der Waals surface area contributed by atoms with Gasteiger partial charge in [-0.05, 0) is 48.7 Å². The molecule has 0 aliphatic carbocycles. The van der Waals surface area contributed by atoms with Crippen LogP contribution in [0.4, 0.5) is 0 Å². The minimum Gasteiger partial charge on any atom is -0.364 e. The Kier molecular flexibility index (Phi) is 3.30. The molecule has 4 heteroatoms. The molecule has 0 aliphatic rings. The molecule has 18 heavy (non-hydrogen) atoms. The van der Waals surface area contributed by atoms with Crippen LogP contribution in [0.1, 0.15) is 0 Å². The number of rotatable bonds is 3. The Bertz CT molecular complexity index is 661. The molecule has 0 bridgehead atoms. The SMILES string of the molecule is CSc1ccc(Sc2ccc3conc3c2)cc1. The number of fused-ring (bicyclic) bond motifs is 1. The van der Waals surface area contributed by atoms with E-state index in [-0.39, 0.29) is 0 Å². The highest BCUT2D eigenvalue weighted by atomic mass is 32.2. The minimum absolute atomic E-state index is 0.903. The minimum atomic E-state index is 0.903. The van der Waals surface area contributed by atoms with Crippen LogP contribution in [-0.4, -0.2) is 11.4 Å². The van der Waals surface area contributed by atoms with Crippen LogP contribution in [0.25, 0.3) is 10.9 Å². The molecular weight excluding hydrogens is 262 g/mol. The fraction of sp³-hybridized carbons (Fsp3) is 0.0714. The van der Waals surface area contributed by atoms with Crippen molar-refractivity contribution in [2.24, 2.45) is 0 Å². The second kappa shape index (κ2) is 5.08. The van der Waals surface area contributed by atoms with Gasteiger partial charge >= 0.3 is 0 Å². The number of benzene rings is 2. The van der Waals surface area contributed by atoms with Crippen LogP contribution in [-0.2, 0) is 0 Å². The normalized spacial score (nSPS) is 10.9. The zero-order chi connectivity index (χ0) is 12.4. The van der Waals surface area contributed by atoms with E-state index in [9.17, 15) is 0 Å². The molecule has 1 aromatic heterocycles. The van der Waals surface area contributed by atoms with Crippen molar-refractivity contribution in [2.45, 2.75) is 14.7 Å². The van der Waals surface area contributed by atoms with Crippen molar-refractivity contribution in [2.75, 3.05) is 6.26 Å². The first-order valence-corrected chi connectivity index (χ1v) is 7.55. The molecule has 0 spiro atoms. The number of nitrogens with zero attached hydrogens (tertiary/aromatic N) is 1. The monoisotopic (exact) mass is 273 g/mol. The van der Waals surface area contributed by atoms with Crippen LogP contribution in [0.2, 0.25) is 0 Å². The molecule has 1 heterocycles. The Balaban J connectivity index is 1.85. The number of hydrogen-bond donors (Lipinski definition) is 0. The first kappa shape index (κ1) is 11.7. The maximum Gasteiger partial charge on any atom is 0.131 e. The van der Waals surface area contributed by atoms with Gasteiger partial charge in [-0.15, -0.1) is 11.8 Å². The molecule has 0 aliphatic heterocycles. The van der Waals surface area contributed by atoms with E-state index in [1.807, 2.05) is 12.1 Å². The largest absolute Gasteiger partial charge is 0.364 e. The molecule has 2 nitrogen and oxygen atoms in total. The summed E-state index contributed by atoms with van der Waals surface area (Å²) < 4.78 is 4.94. The van der Waals surface area contributed by atoms with E-state index in [0.29, 0.717) is 0 Å². The van der Waals surface area contributed by atoms with Crippen molar-refractivity contribution in [1.82, 2.24) is 5.16 Å². The van der Waals surface area contributed by atoms with Gasteiger partial charge in [0.1, 0.15) is 11.8 Å². The average Bonchev–Trinajstić information content (AvgIpc) is 2.87. The molecule has 0 fully saturated rings. The molecule has 0 N–H and O–H groups in total. The number of hydrogen-bond acceptors (Lipinski definition) is 4. The van der Waals surface area contributed by atoms with Crippen LogP contribution in [0.5, 0.6) is 0 Å². The van der Waals surface area contributed by atoms with Gasteiger partial charge in [0.05, 0.1) is 0 Å². The highest BCUT2D eigenvalue weighted by molar-refractivity contribution is 7.99. The molecule has 0 amide bonds. The molecule has 0 atom stereocenters. The van der Waals surface area contributed by atoms with E-state index in [1.165, 1.54) is 14.7 Å². The van der Waals surface area contributed by atoms with Crippen molar-refractivity contribution >= 4 is 34.4 Å². The predicted molar refractivity (Wildman–Crippen MR) is 76.4 cm³/mol. The third kappa shape index (κ3) is 2.40. The van der Waals surface area contributed by atoms with Gasteiger partial charge in [-0.1, -0.05) is 16.9 Å². The molecule has 2 aromatic carbocycles. The molecular formula is C14H11NOS2. The molecule has 0 unspecified atom stereocenters. The Hall–Kier alpha value is -1.39. The summed E-state index contributed by atoms with van der Waals surface area (Å²) in [6.45, 7) is 0. The van der Waals surface area contributed by atoms with E-state index < -0.39 is 0 Å². The maximum absolute atomic E-state index is 4.94. The fourth-order valence-corrected chi connectivity index (χ4v) is 2.94. The van der Waals surface area contributed by atoms with Crippen LogP contribution < -0.4 is 0 Å². The Morgan fingerprint density at radius 3 is 2.44 bits per heavy atom. The lowest BCUT2D eigenvalue weighted by molar-refractivity contribution is 0.428. The first-order chi connectivity index (χ1) is 8.85. The van der Waals surface area contributed by atoms with Gasteiger partial charge in [-0.25, -0.2) is 0 Å². The van der Waals surface area contributed by atoms with Gasteiger partial charge in [-0.3, -0.25) is 0 Å². The van der Waals surface area contributed by atoms with E-state index in [2.05, 4.69) is 41.7 Å². The second-order valence-electron chi connectivity index (χ2n) is 3.81. The maximum atomic E-state index is 4.94. The predicted octanol–water partition coefficient (Wildman–Crippen LogP) is 4.70. The molecule has 3 aromatic rings. The highest BCUT2D eigenvalue weighted by Gasteiger charge is 2.02.